The van der Waals surface area contributed by atoms with Gasteiger partial charge >= 0.3 is 0 Å². The summed E-state index contributed by atoms with van der Waals surface area (Å²) in [7, 11) is 3.76. The summed E-state index contributed by atoms with van der Waals surface area (Å²) >= 11 is 0. The van der Waals surface area contributed by atoms with Crippen LogP contribution >= 0.6 is 0 Å². The predicted octanol–water partition coefficient (Wildman–Crippen LogP) is 3.55. The Morgan fingerprint density at radius 2 is 1.68 bits per heavy atom. The van der Waals surface area contributed by atoms with Gasteiger partial charge in [0.2, 0.25) is 0 Å². The first kappa shape index (κ1) is 16.0. The lowest BCUT2D eigenvalue weighted by atomic mass is 10.0. The maximum absolute atomic E-state index is 5.66. The van der Waals surface area contributed by atoms with Crippen molar-refractivity contribution in [2.75, 3.05) is 14.2 Å². The van der Waals surface area contributed by atoms with Crippen molar-refractivity contribution in [2.45, 2.75) is 51.9 Å². The smallest absolute Gasteiger partial charge is 0.119 e. The average Bonchev–Trinajstić information content (AvgIpc) is 2.40. The van der Waals surface area contributed by atoms with E-state index in [9.17, 15) is 0 Å². The van der Waals surface area contributed by atoms with Gasteiger partial charge in [-0.25, -0.2) is 0 Å². The van der Waals surface area contributed by atoms with Gasteiger partial charge in [0.15, 0.2) is 0 Å². The number of ether oxygens (including phenoxy) is 2. The zero-order valence-electron chi connectivity index (χ0n) is 12.8. The van der Waals surface area contributed by atoms with E-state index in [-0.39, 0.29) is 6.10 Å². The van der Waals surface area contributed by atoms with E-state index < -0.39 is 0 Å². The lowest BCUT2D eigenvalue weighted by Gasteiger charge is -2.19. The standard InChI is InChI=1S/C16H27NO2/c1-12(2)19-15-9-7-14(8-10-15)16(17-4)11-6-13(3)18-5/h7-10,12-13,16-17H,6,11H2,1-5H3. The molecule has 19 heavy (non-hydrogen) atoms. The van der Waals surface area contributed by atoms with Gasteiger partial charge in [0.05, 0.1) is 12.2 Å². The van der Waals surface area contributed by atoms with Gasteiger partial charge in [0, 0.05) is 13.2 Å². The minimum absolute atomic E-state index is 0.216. The summed E-state index contributed by atoms with van der Waals surface area (Å²) < 4.78 is 11.0. The summed E-state index contributed by atoms with van der Waals surface area (Å²) in [6, 6.07) is 8.72. The third-order valence-corrected chi connectivity index (χ3v) is 3.27. The first-order valence-electron chi connectivity index (χ1n) is 7.03. The van der Waals surface area contributed by atoms with E-state index in [4.69, 9.17) is 9.47 Å². The number of hydrogen-bond acceptors (Lipinski definition) is 3. The van der Waals surface area contributed by atoms with Gasteiger partial charge in [-0.2, -0.15) is 0 Å². The number of nitrogens with one attached hydrogen (secondary N) is 1. The van der Waals surface area contributed by atoms with Crippen LogP contribution in [0.2, 0.25) is 0 Å². The molecule has 0 fully saturated rings. The lowest BCUT2D eigenvalue weighted by Crippen LogP contribution is -2.18. The molecule has 3 heteroatoms. The van der Waals surface area contributed by atoms with Crippen molar-refractivity contribution in [3.05, 3.63) is 29.8 Å². The molecule has 2 atom stereocenters. The third-order valence-electron chi connectivity index (χ3n) is 3.27. The summed E-state index contributed by atoms with van der Waals surface area (Å²) in [5.41, 5.74) is 1.29. The highest BCUT2D eigenvalue weighted by molar-refractivity contribution is 5.29. The molecule has 0 spiro atoms. The van der Waals surface area contributed by atoms with Crippen molar-refractivity contribution in [1.29, 1.82) is 0 Å². The molecule has 0 aromatic heterocycles. The number of methoxy groups -OCH3 is 1. The fourth-order valence-corrected chi connectivity index (χ4v) is 2.05. The van der Waals surface area contributed by atoms with Crippen molar-refractivity contribution >= 4 is 0 Å². The van der Waals surface area contributed by atoms with Crippen LogP contribution in [0.1, 0.15) is 45.2 Å². The highest BCUT2D eigenvalue weighted by Crippen LogP contribution is 2.22. The molecule has 1 N–H and O–H groups in total. The summed E-state index contributed by atoms with van der Waals surface area (Å²) in [6.45, 7) is 6.18. The maximum Gasteiger partial charge on any atom is 0.119 e. The van der Waals surface area contributed by atoms with E-state index in [1.807, 2.05) is 33.0 Å². The predicted molar refractivity (Wildman–Crippen MR) is 79.7 cm³/mol. The second kappa shape index (κ2) is 8.18. The van der Waals surface area contributed by atoms with E-state index in [1.165, 1.54) is 5.56 Å². The molecule has 1 aromatic rings. The second-order valence-electron chi connectivity index (χ2n) is 5.20. The summed E-state index contributed by atoms with van der Waals surface area (Å²) in [4.78, 5) is 0. The highest BCUT2D eigenvalue weighted by atomic mass is 16.5. The van der Waals surface area contributed by atoms with Gasteiger partial charge in [0.25, 0.3) is 0 Å². The topological polar surface area (TPSA) is 30.5 Å². The molecule has 0 aliphatic carbocycles. The van der Waals surface area contributed by atoms with E-state index >= 15 is 0 Å². The SMILES string of the molecule is CNC(CCC(C)OC)c1ccc(OC(C)C)cc1. The van der Waals surface area contributed by atoms with Crippen LogP contribution in [0.3, 0.4) is 0 Å². The Hall–Kier alpha value is -1.06. The van der Waals surface area contributed by atoms with Crippen molar-refractivity contribution in [3.63, 3.8) is 0 Å². The molecule has 1 aromatic carbocycles. The lowest BCUT2D eigenvalue weighted by molar-refractivity contribution is 0.106. The normalized spacial score (nSPS) is 14.4. The first-order valence-corrected chi connectivity index (χ1v) is 7.03. The second-order valence-corrected chi connectivity index (χ2v) is 5.20. The van der Waals surface area contributed by atoms with Gasteiger partial charge in [-0.15, -0.1) is 0 Å². The van der Waals surface area contributed by atoms with Gasteiger partial charge in [-0.1, -0.05) is 12.1 Å². The average molecular weight is 265 g/mol. The molecule has 0 aliphatic heterocycles. The van der Waals surface area contributed by atoms with Gasteiger partial charge in [-0.05, 0) is 58.4 Å². The molecule has 0 bridgehead atoms. The van der Waals surface area contributed by atoms with Crippen LogP contribution in [0.5, 0.6) is 5.75 Å². The molecule has 0 radical (unpaired) electrons. The minimum Gasteiger partial charge on any atom is -0.491 e. The Bertz CT molecular complexity index is 348. The Morgan fingerprint density at radius 3 is 2.16 bits per heavy atom. The summed E-state index contributed by atoms with van der Waals surface area (Å²) in [5.74, 6) is 0.930. The Morgan fingerprint density at radius 1 is 1.05 bits per heavy atom. The van der Waals surface area contributed by atoms with Gasteiger partial charge in [-0.3, -0.25) is 0 Å². The number of hydrogen-bond donors (Lipinski definition) is 1. The molecule has 108 valence electrons. The quantitative estimate of drug-likeness (QED) is 0.779. The van der Waals surface area contributed by atoms with Crippen LogP contribution in [-0.4, -0.2) is 26.4 Å². The highest BCUT2D eigenvalue weighted by Gasteiger charge is 2.11. The molecular formula is C16H27NO2. The van der Waals surface area contributed by atoms with Crippen molar-refractivity contribution in [3.8, 4) is 5.75 Å². The maximum atomic E-state index is 5.66. The van der Waals surface area contributed by atoms with Gasteiger partial charge < -0.3 is 14.8 Å². The third kappa shape index (κ3) is 5.62. The van der Waals surface area contributed by atoms with E-state index in [2.05, 4.69) is 24.4 Å². The first-order chi connectivity index (χ1) is 9.06. The largest absolute Gasteiger partial charge is 0.491 e. The molecule has 0 saturated heterocycles. The Labute approximate surface area is 117 Å². The molecular weight excluding hydrogens is 238 g/mol. The van der Waals surface area contributed by atoms with Crippen LogP contribution in [-0.2, 0) is 4.74 Å². The molecule has 0 saturated carbocycles. The molecule has 3 nitrogen and oxygen atoms in total. The van der Waals surface area contributed by atoms with Crippen LogP contribution in [0.25, 0.3) is 0 Å². The van der Waals surface area contributed by atoms with E-state index in [0.717, 1.165) is 18.6 Å². The van der Waals surface area contributed by atoms with Crippen LogP contribution in [0.4, 0.5) is 0 Å². The summed E-state index contributed by atoms with van der Waals surface area (Å²) in [6.07, 6.45) is 2.63. The Balaban J connectivity index is 2.60. The molecule has 0 amide bonds. The zero-order valence-corrected chi connectivity index (χ0v) is 12.8. The number of rotatable bonds is 8. The van der Waals surface area contributed by atoms with Crippen molar-refractivity contribution in [1.82, 2.24) is 5.32 Å². The fraction of sp³-hybridized carbons (Fsp3) is 0.625. The number of benzene rings is 1. The van der Waals surface area contributed by atoms with E-state index in [1.54, 1.807) is 7.11 Å². The molecule has 2 unspecified atom stereocenters. The van der Waals surface area contributed by atoms with Crippen molar-refractivity contribution in [2.24, 2.45) is 0 Å². The van der Waals surface area contributed by atoms with Crippen molar-refractivity contribution < 1.29 is 9.47 Å². The van der Waals surface area contributed by atoms with Crippen LogP contribution in [0, 0.1) is 0 Å². The Kier molecular flexibility index (Phi) is 6.89. The van der Waals surface area contributed by atoms with E-state index in [0.29, 0.717) is 12.1 Å². The minimum atomic E-state index is 0.216. The zero-order chi connectivity index (χ0) is 14.3. The molecule has 1 rings (SSSR count). The van der Waals surface area contributed by atoms with Gasteiger partial charge in [0.1, 0.15) is 5.75 Å². The van der Waals surface area contributed by atoms with Crippen LogP contribution < -0.4 is 10.1 Å². The monoisotopic (exact) mass is 265 g/mol. The fourth-order valence-electron chi connectivity index (χ4n) is 2.05. The molecule has 0 aliphatic rings. The van der Waals surface area contributed by atoms with Crippen LogP contribution in [0.15, 0.2) is 24.3 Å². The molecule has 0 heterocycles. The summed E-state index contributed by atoms with van der Waals surface area (Å²) in [5, 5.41) is 3.36.